The highest BCUT2D eigenvalue weighted by atomic mass is 35.5. The van der Waals surface area contributed by atoms with Crippen LogP contribution in [0.25, 0.3) is 0 Å². The van der Waals surface area contributed by atoms with Crippen molar-refractivity contribution in [1.29, 1.82) is 10.5 Å². The third kappa shape index (κ3) is 2.43. The van der Waals surface area contributed by atoms with Crippen LogP contribution in [0.15, 0.2) is 42.5 Å². The van der Waals surface area contributed by atoms with Crippen LogP contribution in [0, 0.1) is 22.7 Å². The highest BCUT2D eigenvalue weighted by molar-refractivity contribution is 6.30. The molecular weight excluding hydrogens is 248 g/mol. The molecule has 0 aromatic heterocycles. The first-order valence-corrected chi connectivity index (χ1v) is 5.49. The molecule has 0 radical (unpaired) electrons. The van der Waals surface area contributed by atoms with Crippen molar-refractivity contribution < 1.29 is 4.74 Å². The Bertz CT molecular complexity index is 668. The molecular formula is C14H7ClN2O. The van der Waals surface area contributed by atoms with Gasteiger partial charge in [0.05, 0.1) is 11.1 Å². The Labute approximate surface area is 109 Å². The van der Waals surface area contributed by atoms with E-state index in [0.717, 1.165) is 0 Å². The van der Waals surface area contributed by atoms with Crippen molar-refractivity contribution in [3.05, 3.63) is 58.6 Å². The highest BCUT2D eigenvalue weighted by Crippen LogP contribution is 2.29. The molecule has 4 heteroatoms. The minimum atomic E-state index is 0.340. The van der Waals surface area contributed by atoms with E-state index >= 15 is 0 Å². The molecule has 86 valence electrons. The number of nitrogens with zero attached hydrogens (tertiary/aromatic N) is 2. The van der Waals surface area contributed by atoms with Gasteiger partial charge in [0.25, 0.3) is 0 Å². The average molecular weight is 255 g/mol. The summed E-state index contributed by atoms with van der Waals surface area (Å²) in [4.78, 5) is 0. The lowest BCUT2D eigenvalue weighted by Crippen LogP contribution is -1.90. The highest BCUT2D eigenvalue weighted by Gasteiger charge is 2.08. The van der Waals surface area contributed by atoms with Crippen LogP contribution in [0.3, 0.4) is 0 Å². The Morgan fingerprint density at radius 3 is 2.28 bits per heavy atom. The van der Waals surface area contributed by atoms with E-state index in [1.54, 1.807) is 42.5 Å². The van der Waals surface area contributed by atoms with E-state index in [2.05, 4.69) is 0 Å². The van der Waals surface area contributed by atoms with Gasteiger partial charge in [0, 0.05) is 11.1 Å². The molecule has 18 heavy (non-hydrogen) atoms. The maximum Gasteiger partial charge on any atom is 0.146 e. The molecule has 0 saturated carbocycles. The molecule has 3 nitrogen and oxygen atoms in total. The lowest BCUT2D eigenvalue weighted by molar-refractivity contribution is 0.479. The first-order valence-electron chi connectivity index (χ1n) is 5.11. The first-order chi connectivity index (χ1) is 8.74. The largest absolute Gasteiger partial charge is 0.455 e. The topological polar surface area (TPSA) is 56.8 Å². The fraction of sp³-hybridized carbons (Fsp3) is 0. The maximum absolute atomic E-state index is 8.98. The summed E-state index contributed by atoms with van der Waals surface area (Å²) in [6.45, 7) is 0. The summed E-state index contributed by atoms with van der Waals surface area (Å²) >= 11 is 5.86. The Morgan fingerprint density at radius 2 is 1.56 bits per heavy atom. The molecule has 2 rings (SSSR count). The summed E-state index contributed by atoms with van der Waals surface area (Å²) in [5, 5.41) is 18.4. The van der Waals surface area contributed by atoms with Gasteiger partial charge in [0.2, 0.25) is 0 Å². The summed E-state index contributed by atoms with van der Waals surface area (Å²) < 4.78 is 5.57. The number of benzene rings is 2. The van der Waals surface area contributed by atoms with Crippen LogP contribution in [-0.4, -0.2) is 0 Å². The van der Waals surface area contributed by atoms with E-state index in [-0.39, 0.29) is 0 Å². The van der Waals surface area contributed by atoms with Crippen LogP contribution in [0.5, 0.6) is 11.5 Å². The molecule has 2 aromatic rings. The zero-order valence-corrected chi connectivity index (χ0v) is 9.98. The fourth-order valence-corrected chi connectivity index (χ4v) is 1.60. The van der Waals surface area contributed by atoms with E-state index in [9.17, 15) is 0 Å². The van der Waals surface area contributed by atoms with Gasteiger partial charge in [-0.2, -0.15) is 10.5 Å². The van der Waals surface area contributed by atoms with E-state index < -0.39 is 0 Å². The molecule has 0 aliphatic heterocycles. The fourth-order valence-electron chi connectivity index (χ4n) is 1.44. The molecule has 0 spiro atoms. The second-order valence-electron chi connectivity index (χ2n) is 3.46. The standard InChI is InChI=1S/C14H7ClN2O/c15-12-6-5-11(9-17)14(7-12)18-13-4-2-1-3-10(13)8-16/h1-7H. The number of rotatable bonds is 2. The Kier molecular flexibility index (Phi) is 3.48. The van der Waals surface area contributed by atoms with Crippen molar-refractivity contribution in [2.24, 2.45) is 0 Å². The van der Waals surface area contributed by atoms with Gasteiger partial charge in [-0.25, -0.2) is 0 Å². The normalized spacial score (nSPS) is 9.28. The second kappa shape index (κ2) is 5.23. The van der Waals surface area contributed by atoms with Gasteiger partial charge < -0.3 is 4.74 Å². The zero-order valence-electron chi connectivity index (χ0n) is 9.22. The van der Waals surface area contributed by atoms with Crippen LogP contribution < -0.4 is 4.74 Å². The lowest BCUT2D eigenvalue weighted by atomic mass is 10.2. The van der Waals surface area contributed by atoms with Gasteiger partial charge in [-0.15, -0.1) is 0 Å². The zero-order chi connectivity index (χ0) is 13.0. The quantitative estimate of drug-likeness (QED) is 0.817. The molecule has 2 aromatic carbocycles. The summed E-state index contributed by atoms with van der Waals surface area (Å²) in [6.07, 6.45) is 0. The summed E-state index contributed by atoms with van der Waals surface area (Å²) in [7, 11) is 0. The van der Waals surface area contributed by atoms with E-state index in [1.165, 1.54) is 0 Å². The number of ether oxygens (including phenoxy) is 1. The van der Waals surface area contributed by atoms with Gasteiger partial charge in [-0.3, -0.25) is 0 Å². The first kappa shape index (κ1) is 12.0. The smallest absolute Gasteiger partial charge is 0.146 e. The molecule has 0 fully saturated rings. The van der Waals surface area contributed by atoms with Crippen molar-refractivity contribution in [2.45, 2.75) is 0 Å². The molecule has 0 heterocycles. The van der Waals surface area contributed by atoms with Crippen molar-refractivity contribution in [1.82, 2.24) is 0 Å². The van der Waals surface area contributed by atoms with Gasteiger partial charge in [-0.05, 0) is 24.3 Å². The van der Waals surface area contributed by atoms with Crippen molar-refractivity contribution in [3.8, 4) is 23.6 Å². The van der Waals surface area contributed by atoms with Gasteiger partial charge in [-0.1, -0.05) is 23.7 Å². The number of nitriles is 2. The number of hydrogen-bond acceptors (Lipinski definition) is 3. The van der Waals surface area contributed by atoms with E-state index in [0.29, 0.717) is 27.6 Å². The minimum Gasteiger partial charge on any atom is -0.455 e. The second-order valence-corrected chi connectivity index (χ2v) is 3.90. The van der Waals surface area contributed by atoms with Crippen LogP contribution >= 0.6 is 11.6 Å². The molecule has 0 bridgehead atoms. The summed E-state index contributed by atoms with van der Waals surface area (Å²) in [5.74, 6) is 0.742. The van der Waals surface area contributed by atoms with Crippen LogP contribution in [-0.2, 0) is 0 Å². The molecule has 0 aliphatic carbocycles. The molecule has 0 unspecified atom stereocenters. The van der Waals surface area contributed by atoms with E-state index in [4.69, 9.17) is 26.9 Å². The van der Waals surface area contributed by atoms with E-state index in [1.807, 2.05) is 12.1 Å². The number of hydrogen-bond donors (Lipinski definition) is 0. The van der Waals surface area contributed by atoms with Crippen molar-refractivity contribution in [2.75, 3.05) is 0 Å². The third-order valence-corrected chi connectivity index (χ3v) is 2.53. The number of para-hydroxylation sites is 1. The maximum atomic E-state index is 8.98. The monoisotopic (exact) mass is 254 g/mol. The SMILES string of the molecule is N#Cc1ccccc1Oc1cc(Cl)ccc1C#N. The lowest BCUT2D eigenvalue weighted by Gasteiger charge is -2.08. The minimum absolute atomic E-state index is 0.340. The Morgan fingerprint density at radius 1 is 0.889 bits per heavy atom. The molecule has 0 N–H and O–H groups in total. The molecule has 0 amide bonds. The molecule has 0 aliphatic rings. The van der Waals surface area contributed by atoms with Gasteiger partial charge in [0.15, 0.2) is 0 Å². The number of halogens is 1. The van der Waals surface area contributed by atoms with Crippen molar-refractivity contribution >= 4 is 11.6 Å². The predicted octanol–water partition coefficient (Wildman–Crippen LogP) is 3.88. The average Bonchev–Trinajstić information content (AvgIpc) is 2.40. The third-order valence-electron chi connectivity index (χ3n) is 2.29. The Hall–Kier alpha value is -2.49. The van der Waals surface area contributed by atoms with Crippen LogP contribution in [0.4, 0.5) is 0 Å². The van der Waals surface area contributed by atoms with Crippen molar-refractivity contribution in [3.63, 3.8) is 0 Å². The van der Waals surface area contributed by atoms with Gasteiger partial charge in [0.1, 0.15) is 23.6 Å². The summed E-state index contributed by atoms with van der Waals surface area (Å²) in [6, 6.07) is 15.6. The van der Waals surface area contributed by atoms with Crippen LogP contribution in [0.1, 0.15) is 11.1 Å². The predicted molar refractivity (Wildman–Crippen MR) is 67.4 cm³/mol. The molecule has 0 atom stereocenters. The van der Waals surface area contributed by atoms with Crippen LogP contribution in [0.2, 0.25) is 5.02 Å². The van der Waals surface area contributed by atoms with Gasteiger partial charge >= 0.3 is 0 Å². The molecule has 0 saturated heterocycles. The Balaban J connectivity index is 2.44. The summed E-state index contributed by atoms with van der Waals surface area (Å²) in [5.41, 5.74) is 0.772.